The summed E-state index contributed by atoms with van der Waals surface area (Å²) in [5, 5.41) is 3.42. The Morgan fingerprint density at radius 2 is 2.47 bits per heavy atom. The summed E-state index contributed by atoms with van der Waals surface area (Å²) in [6, 6.07) is 4.45. The molecule has 2 rings (SSSR count). The van der Waals surface area contributed by atoms with E-state index in [4.69, 9.17) is 9.15 Å². The van der Waals surface area contributed by atoms with Crippen LogP contribution in [0.1, 0.15) is 19.6 Å². The maximum atomic E-state index is 5.54. The Kier molecular flexibility index (Phi) is 4.59. The van der Waals surface area contributed by atoms with E-state index in [-0.39, 0.29) is 0 Å². The summed E-state index contributed by atoms with van der Waals surface area (Å²) in [6.07, 6.45) is 2.07. The molecule has 1 aliphatic rings. The highest BCUT2D eigenvalue weighted by molar-refractivity contribution is 4.97. The normalized spacial score (nSPS) is 23.8. The van der Waals surface area contributed by atoms with E-state index in [1.165, 1.54) is 0 Å². The topological polar surface area (TPSA) is 37.6 Å². The van der Waals surface area contributed by atoms with Crippen molar-refractivity contribution in [3.8, 4) is 0 Å². The standard InChI is InChI=1S/C13H22N2O2/c1-11(15-5-7-16-12(2)10-15)8-14-9-13-4-3-6-17-13/h3-4,6,11-12,14H,5,7-10H2,1-2H3. The Morgan fingerprint density at radius 1 is 1.59 bits per heavy atom. The molecule has 4 nitrogen and oxygen atoms in total. The van der Waals surface area contributed by atoms with E-state index in [0.29, 0.717) is 12.1 Å². The van der Waals surface area contributed by atoms with Crippen molar-refractivity contribution >= 4 is 0 Å². The first kappa shape index (κ1) is 12.6. The van der Waals surface area contributed by atoms with Crippen LogP contribution in [0.4, 0.5) is 0 Å². The number of nitrogens with zero attached hydrogens (tertiary/aromatic N) is 1. The van der Waals surface area contributed by atoms with Gasteiger partial charge in [-0.05, 0) is 26.0 Å². The minimum Gasteiger partial charge on any atom is -0.468 e. The van der Waals surface area contributed by atoms with Gasteiger partial charge in [-0.1, -0.05) is 0 Å². The monoisotopic (exact) mass is 238 g/mol. The third-order valence-electron chi connectivity index (χ3n) is 3.21. The first-order chi connectivity index (χ1) is 8.25. The van der Waals surface area contributed by atoms with Crippen LogP contribution in [-0.2, 0) is 11.3 Å². The molecule has 1 aromatic heterocycles. The maximum absolute atomic E-state index is 5.54. The molecule has 0 radical (unpaired) electrons. The van der Waals surface area contributed by atoms with E-state index >= 15 is 0 Å². The fourth-order valence-corrected chi connectivity index (χ4v) is 2.19. The molecule has 1 N–H and O–H groups in total. The summed E-state index contributed by atoms with van der Waals surface area (Å²) in [5.74, 6) is 0.993. The summed E-state index contributed by atoms with van der Waals surface area (Å²) in [4.78, 5) is 2.48. The average Bonchev–Trinajstić information content (AvgIpc) is 2.82. The van der Waals surface area contributed by atoms with Gasteiger partial charge in [0.25, 0.3) is 0 Å². The molecule has 2 unspecified atom stereocenters. The summed E-state index contributed by atoms with van der Waals surface area (Å²) in [5.41, 5.74) is 0. The van der Waals surface area contributed by atoms with Gasteiger partial charge in [-0.25, -0.2) is 0 Å². The molecule has 0 spiro atoms. The van der Waals surface area contributed by atoms with Gasteiger partial charge in [0, 0.05) is 25.7 Å². The third-order valence-corrected chi connectivity index (χ3v) is 3.21. The molecule has 2 atom stereocenters. The Balaban J connectivity index is 1.68. The van der Waals surface area contributed by atoms with Crippen molar-refractivity contribution in [2.45, 2.75) is 32.5 Å². The van der Waals surface area contributed by atoms with Gasteiger partial charge in [0.05, 0.1) is 25.5 Å². The van der Waals surface area contributed by atoms with Crippen LogP contribution in [0.5, 0.6) is 0 Å². The van der Waals surface area contributed by atoms with Crippen molar-refractivity contribution in [1.82, 2.24) is 10.2 Å². The molecule has 0 amide bonds. The van der Waals surface area contributed by atoms with Gasteiger partial charge in [0.15, 0.2) is 0 Å². The lowest BCUT2D eigenvalue weighted by molar-refractivity contribution is -0.0312. The summed E-state index contributed by atoms with van der Waals surface area (Å²) < 4.78 is 10.8. The molecule has 1 saturated heterocycles. The van der Waals surface area contributed by atoms with Gasteiger partial charge in [0.2, 0.25) is 0 Å². The second kappa shape index (κ2) is 6.19. The van der Waals surface area contributed by atoms with Crippen molar-refractivity contribution in [3.05, 3.63) is 24.2 Å². The Bertz CT molecular complexity index is 313. The lowest BCUT2D eigenvalue weighted by Crippen LogP contribution is -2.48. The van der Waals surface area contributed by atoms with Crippen LogP contribution >= 0.6 is 0 Å². The summed E-state index contributed by atoms with van der Waals surface area (Å²) in [7, 11) is 0. The largest absolute Gasteiger partial charge is 0.468 e. The van der Waals surface area contributed by atoms with Crippen LogP contribution < -0.4 is 5.32 Å². The van der Waals surface area contributed by atoms with E-state index in [1.54, 1.807) is 6.26 Å². The molecule has 17 heavy (non-hydrogen) atoms. The van der Waals surface area contributed by atoms with Crippen LogP contribution in [0.2, 0.25) is 0 Å². The lowest BCUT2D eigenvalue weighted by atomic mass is 10.2. The number of nitrogens with one attached hydrogen (secondary N) is 1. The molecular formula is C13H22N2O2. The lowest BCUT2D eigenvalue weighted by Gasteiger charge is -2.35. The van der Waals surface area contributed by atoms with E-state index in [2.05, 4.69) is 24.1 Å². The van der Waals surface area contributed by atoms with Gasteiger partial charge in [0.1, 0.15) is 5.76 Å². The number of furan rings is 1. The van der Waals surface area contributed by atoms with E-state index in [9.17, 15) is 0 Å². The second-order valence-corrected chi connectivity index (χ2v) is 4.74. The average molecular weight is 238 g/mol. The van der Waals surface area contributed by atoms with Crippen molar-refractivity contribution < 1.29 is 9.15 Å². The van der Waals surface area contributed by atoms with Crippen LogP contribution in [0.3, 0.4) is 0 Å². The van der Waals surface area contributed by atoms with Crippen LogP contribution in [0.25, 0.3) is 0 Å². The molecule has 0 saturated carbocycles. The van der Waals surface area contributed by atoms with Crippen molar-refractivity contribution in [2.24, 2.45) is 0 Å². The highest BCUT2D eigenvalue weighted by atomic mass is 16.5. The number of hydrogen-bond donors (Lipinski definition) is 1. The second-order valence-electron chi connectivity index (χ2n) is 4.74. The van der Waals surface area contributed by atoms with Gasteiger partial charge < -0.3 is 14.5 Å². The quantitative estimate of drug-likeness (QED) is 0.843. The predicted molar refractivity (Wildman–Crippen MR) is 66.9 cm³/mol. The maximum Gasteiger partial charge on any atom is 0.117 e. The van der Waals surface area contributed by atoms with Crippen molar-refractivity contribution in [1.29, 1.82) is 0 Å². The van der Waals surface area contributed by atoms with Gasteiger partial charge >= 0.3 is 0 Å². The minimum atomic E-state index is 0.358. The fraction of sp³-hybridized carbons (Fsp3) is 0.692. The number of hydrogen-bond acceptors (Lipinski definition) is 4. The van der Waals surface area contributed by atoms with Crippen molar-refractivity contribution in [3.63, 3.8) is 0 Å². The Hall–Kier alpha value is -0.840. The predicted octanol–water partition coefficient (Wildman–Crippen LogP) is 1.48. The summed E-state index contributed by atoms with van der Waals surface area (Å²) in [6.45, 7) is 9.09. The van der Waals surface area contributed by atoms with E-state index in [0.717, 1.165) is 38.5 Å². The number of rotatable bonds is 5. The van der Waals surface area contributed by atoms with Gasteiger partial charge in [-0.2, -0.15) is 0 Å². The zero-order chi connectivity index (χ0) is 12.1. The van der Waals surface area contributed by atoms with Crippen LogP contribution in [0, 0.1) is 0 Å². The summed E-state index contributed by atoms with van der Waals surface area (Å²) >= 11 is 0. The molecular weight excluding hydrogens is 216 g/mol. The molecule has 4 heteroatoms. The molecule has 2 heterocycles. The van der Waals surface area contributed by atoms with Gasteiger partial charge in [-0.3, -0.25) is 4.90 Å². The zero-order valence-electron chi connectivity index (χ0n) is 10.7. The first-order valence-electron chi connectivity index (χ1n) is 6.34. The third kappa shape index (κ3) is 3.84. The van der Waals surface area contributed by atoms with Crippen molar-refractivity contribution in [2.75, 3.05) is 26.2 Å². The van der Waals surface area contributed by atoms with Gasteiger partial charge in [-0.15, -0.1) is 0 Å². The number of morpholine rings is 1. The molecule has 0 aromatic carbocycles. The SMILES string of the molecule is CC1CN(C(C)CNCc2ccco2)CCO1. The molecule has 1 fully saturated rings. The molecule has 1 aromatic rings. The molecule has 1 aliphatic heterocycles. The van der Waals surface area contributed by atoms with E-state index < -0.39 is 0 Å². The highest BCUT2D eigenvalue weighted by Gasteiger charge is 2.20. The molecule has 0 aliphatic carbocycles. The zero-order valence-corrected chi connectivity index (χ0v) is 10.7. The Morgan fingerprint density at radius 3 is 3.18 bits per heavy atom. The van der Waals surface area contributed by atoms with Crippen LogP contribution in [-0.4, -0.2) is 43.3 Å². The Labute approximate surface area is 103 Å². The molecule has 0 bridgehead atoms. The first-order valence-corrected chi connectivity index (χ1v) is 6.34. The van der Waals surface area contributed by atoms with Crippen LogP contribution in [0.15, 0.2) is 22.8 Å². The number of ether oxygens (including phenoxy) is 1. The molecule has 96 valence electrons. The minimum absolute atomic E-state index is 0.358. The fourth-order valence-electron chi connectivity index (χ4n) is 2.19. The smallest absolute Gasteiger partial charge is 0.117 e. The van der Waals surface area contributed by atoms with E-state index in [1.807, 2.05) is 12.1 Å². The highest BCUT2D eigenvalue weighted by Crippen LogP contribution is 2.08.